The van der Waals surface area contributed by atoms with Gasteiger partial charge in [-0.3, -0.25) is 4.57 Å². The summed E-state index contributed by atoms with van der Waals surface area (Å²) in [6, 6.07) is 17.9. The van der Waals surface area contributed by atoms with Crippen LogP contribution in [0.4, 0.5) is 22.1 Å². The van der Waals surface area contributed by atoms with Crippen molar-refractivity contribution in [2.24, 2.45) is 17.8 Å². The van der Waals surface area contributed by atoms with Crippen LogP contribution in [0.3, 0.4) is 0 Å². The number of benzene rings is 2. The molecule has 2 N–H and O–H groups in total. The van der Waals surface area contributed by atoms with Crippen molar-refractivity contribution < 1.29 is 9.53 Å². The van der Waals surface area contributed by atoms with Gasteiger partial charge < -0.3 is 25.2 Å². The summed E-state index contributed by atoms with van der Waals surface area (Å²) in [5.74, 6) is 2.59. The highest BCUT2D eigenvalue weighted by molar-refractivity contribution is 5.89. The number of para-hydroxylation sites is 1. The van der Waals surface area contributed by atoms with E-state index in [1.165, 1.54) is 24.9 Å². The molecule has 10 nitrogen and oxygen atoms in total. The minimum Gasteiger partial charge on any atom is -0.371 e. The Hall–Kier alpha value is -4.18. The van der Waals surface area contributed by atoms with Crippen LogP contribution in [0.15, 0.2) is 67.1 Å². The zero-order valence-electron chi connectivity index (χ0n) is 28.0. The van der Waals surface area contributed by atoms with Crippen LogP contribution in [0.25, 0.3) is 16.9 Å². The number of piperidine rings is 1. The maximum Gasteiger partial charge on any atom is 0.321 e. The van der Waals surface area contributed by atoms with Gasteiger partial charge >= 0.3 is 6.03 Å². The molecule has 10 heteroatoms. The summed E-state index contributed by atoms with van der Waals surface area (Å²) in [6.45, 7) is 12.5. The van der Waals surface area contributed by atoms with E-state index in [4.69, 9.17) is 14.7 Å². The number of rotatable bonds is 14. The Bertz CT molecular complexity index is 1540. The third kappa shape index (κ3) is 8.15. The summed E-state index contributed by atoms with van der Waals surface area (Å²) in [6.07, 6.45) is 8.82. The minimum absolute atomic E-state index is 0.0822. The fraction of sp³-hybridized carbons (Fsp3) is 0.500. The SMILES string of the molecule is CCCCC(CN(CC)c1ccc2c(c1)ncn2-c1ccnc(NC(OC)C2CCCN(C(=O)Nc3ccccc3)C2)n1)C(C)C. The molecule has 0 radical (unpaired) electrons. The first kappa shape index (κ1) is 33.2. The molecule has 0 bridgehead atoms. The Morgan fingerprint density at radius 1 is 1.11 bits per heavy atom. The molecule has 1 saturated heterocycles. The van der Waals surface area contributed by atoms with Gasteiger partial charge in [0, 0.05) is 56.8 Å². The van der Waals surface area contributed by atoms with E-state index in [1.54, 1.807) is 13.3 Å². The maximum absolute atomic E-state index is 13.0. The number of hydrogen-bond donors (Lipinski definition) is 2. The lowest BCUT2D eigenvalue weighted by Crippen LogP contribution is -2.47. The van der Waals surface area contributed by atoms with Crippen molar-refractivity contribution in [1.29, 1.82) is 0 Å². The molecule has 0 saturated carbocycles. The van der Waals surface area contributed by atoms with Gasteiger partial charge in [-0.05, 0) is 74.4 Å². The van der Waals surface area contributed by atoms with Gasteiger partial charge in [-0.15, -0.1) is 0 Å². The molecule has 0 spiro atoms. The Balaban J connectivity index is 1.27. The van der Waals surface area contributed by atoms with Gasteiger partial charge in [0.25, 0.3) is 0 Å². The Labute approximate surface area is 273 Å². The number of imidazole rings is 1. The van der Waals surface area contributed by atoms with E-state index < -0.39 is 0 Å². The number of nitrogens with one attached hydrogen (secondary N) is 2. The summed E-state index contributed by atoms with van der Waals surface area (Å²) in [7, 11) is 1.68. The van der Waals surface area contributed by atoms with Crippen LogP contribution in [-0.2, 0) is 4.74 Å². The predicted molar refractivity (Wildman–Crippen MR) is 187 cm³/mol. The number of likely N-dealkylation sites (tertiary alicyclic amines) is 1. The lowest BCUT2D eigenvalue weighted by molar-refractivity contribution is 0.0425. The standard InChI is InChI=1S/C36H50N8O2/c1-6-8-13-27(26(3)4)23-42(7-2)30-17-18-32-31(22-30)38-25-44(32)33-19-20-37-35(40-33)41-34(46-5)28-14-12-21-43(24-28)36(45)39-29-15-10-9-11-16-29/h9-11,15-20,22,25-28,34H,6-8,12-14,21,23-24H2,1-5H3,(H,39,45)(H,37,40,41). The van der Waals surface area contributed by atoms with E-state index in [1.807, 2.05) is 52.2 Å². The van der Waals surface area contributed by atoms with Crippen LogP contribution in [-0.4, -0.2) is 70.0 Å². The van der Waals surface area contributed by atoms with Gasteiger partial charge in [0.1, 0.15) is 18.4 Å². The number of ether oxygens (including phenoxy) is 1. The van der Waals surface area contributed by atoms with Crippen LogP contribution in [0.1, 0.15) is 59.8 Å². The van der Waals surface area contributed by atoms with Gasteiger partial charge in [-0.1, -0.05) is 51.8 Å². The van der Waals surface area contributed by atoms with Gasteiger partial charge in [0.05, 0.1) is 11.0 Å². The first-order chi connectivity index (χ1) is 22.4. The van der Waals surface area contributed by atoms with Crippen LogP contribution in [0.2, 0.25) is 0 Å². The van der Waals surface area contributed by atoms with Crippen molar-refractivity contribution in [2.45, 2.75) is 66.0 Å². The van der Waals surface area contributed by atoms with Crippen LogP contribution >= 0.6 is 0 Å². The Kier molecular flexibility index (Phi) is 11.5. The lowest BCUT2D eigenvalue weighted by Gasteiger charge is -2.36. The second-order valence-electron chi connectivity index (χ2n) is 12.7. The first-order valence-corrected chi connectivity index (χ1v) is 16.9. The van der Waals surface area contributed by atoms with Crippen molar-refractivity contribution in [1.82, 2.24) is 24.4 Å². The topological polar surface area (TPSA) is 100 Å². The molecule has 2 aromatic heterocycles. The van der Waals surface area contributed by atoms with E-state index >= 15 is 0 Å². The third-order valence-electron chi connectivity index (χ3n) is 9.22. The number of carbonyl (C=O) groups excluding carboxylic acids is 1. The molecule has 4 aromatic rings. The lowest BCUT2D eigenvalue weighted by atomic mass is 9.90. The summed E-state index contributed by atoms with van der Waals surface area (Å²) < 4.78 is 7.88. The van der Waals surface area contributed by atoms with Gasteiger partial charge in [-0.2, -0.15) is 4.98 Å². The number of nitrogens with zero attached hydrogens (tertiary/aromatic N) is 6. The number of unbranched alkanes of at least 4 members (excludes halogenated alkanes) is 1. The number of urea groups is 1. The van der Waals surface area contributed by atoms with Crippen LogP contribution in [0.5, 0.6) is 0 Å². The molecular weight excluding hydrogens is 576 g/mol. The smallest absolute Gasteiger partial charge is 0.321 e. The van der Waals surface area contributed by atoms with Crippen molar-refractivity contribution >= 4 is 34.4 Å². The quantitative estimate of drug-likeness (QED) is 0.140. The highest BCUT2D eigenvalue weighted by Gasteiger charge is 2.30. The van der Waals surface area contributed by atoms with Gasteiger partial charge in [0.2, 0.25) is 5.95 Å². The summed E-state index contributed by atoms with van der Waals surface area (Å²) in [5.41, 5.74) is 3.92. The molecule has 2 amide bonds. The van der Waals surface area contributed by atoms with Crippen LogP contribution in [0, 0.1) is 17.8 Å². The molecule has 3 heterocycles. The van der Waals surface area contributed by atoms with E-state index in [-0.39, 0.29) is 18.2 Å². The highest BCUT2D eigenvalue weighted by atomic mass is 16.5. The fourth-order valence-electron chi connectivity index (χ4n) is 6.40. The molecule has 1 aliphatic rings. The van der Waals surface area contributed by atoms with E-state index in [9.17, 15) is 4.79 Å². The monoisotopic (exact) mass is 626 g/mol. The summed E-state index contributed by atoms with van der Waals surface area (Å²) >= 11 is 0. The summed E-state index contributed by atoms with van der Waals surface area (Å²) in [4.78, 5) is 31.4. The van der Waals surface area contributed by atoms with Crippen molar-refractivity contribution in [3.05, 3.63) is 67.1 Å². The molecular formula is C36H50N8O2. The number of hydrogen-bond acceptors (Lipinski definition) is 7. The van der Waals surface area contributed by atoms with Crippen molar-refractivity contribution in [2.75, 3.05) is 48.8 Å². The molecule has 246 valence electrons. The number of anilines is 3. The number of carbonyl (C=O) groups is 1. The second kappa shape index (κ2) is 15.9. The normalized spacial score (nSPS) is 16.4. The van der Waals surface area contributed by atoms with E-state index in [2.05, 4.69) is 66.4 Å². The number of fused-ring (bicyclic) bond motifs is 1. The second-order valence-corrected chi connectivity index (χ2v) is 12.7. The predicted octanol–water partition coefficient (Wildman–Crippen LogP) is 7.43. The highest BCUT2D eigenvalue weighted by Crippen LogP contribution is 2.28. The fourth-order valence-corrected chi connectivity index (χ4v) is 6.40. The molecule has 1 aliphatic heterocycles. The molecule has 46 heavy (non-hydrogen) atoms. The summed E-state index contributed by atoms with van der Waals surface area (Å²) in [5, 5.41) is 6.39. The Morgan fingerprint density at radius 2 is 1.93 bits per heavy atom. The molecule has 1 fully saturated rings. The number of aromatic nitrogens is 4. The molecule has 3 unspecified atom stereocenters. The van der Waals surface area contributed by atoms with Crippen molar-refractivity contribution in [3.8, 4) is 5.82 Å². The van der Waals surface area contributed by atoms with Gasteiger partial charge in [-0.25, -0.2) is 14.8 Å². The molecule has 0 aliphatic carbocycles. The van der Waals surface area contributed by atoms with Crippen molar-refractivity contribution in [3.63, 3.8) is 0 Å². The average molecular weight is 627 g/mol. The molecule has 3 atom stereocenters. The molecule has 5 rings (SSSR count). The Morgan fingerprint density at radius 3 is 2.67 bits per heavy atom. The van der Waals surface area contributed by atoms with E-state index in [0.717, 1.165) is 48.5 Å². The minimum atomic E-state index is -0.350. The average Bonchev–Trinajstić information content (AvgIpc) is 3.51. The van der Waals surface area contributed by atoms with Gasteiger partial charge in [0.15, 0.2) is 0 Å². The first-order valence-electron chi connectivity index (χ1n) is 16.9. The largest absolute Gasteiger partial charge is 0.371 e. The molecule has 2 aromatic carbocycles. The number of amides is 2. The van der Waals surface area contributed by atoms with Crippen LogP contribution < -0.4 is 15.5 Å². The third-order valence-corrected chi connectivity index (χ3v) is 9.22. The maximum atomic E-state index is 13.0. The number of methoxy groups -OCH3 is 1. The zero-order chi connectivity index (χ0) is 32.5. The van der Waals surface area contributed by atoms with E-state index in [0.29, 0.717) is 30.9 Å². The zero-order valence-corrected chi connectivity index (χ0v) is 28.0.